The van der Waals surface area contributed by atoms with Crippen molar-refractivity contribution in [1.29, 1.82) is 0 Å². The molecule has 3 aromatic rings. The van der Waals surface area contributed by atoms with Gasteiger partial charge in [0.25, 0.3) is 0 Å². The molecule has 6 nitrogen and oxygen atoms in total. The zero-order valence-electron chi connectivity index (χ0n) is 14.2. The van der Waals surface area contributed by atoms with E-state index < -0.39 is 5.97 Å². The molecule has 0 amide bonds. The van der Waals surface area contributed by atoms with Crippen molar-refractivity contribution in [1.82, 2.24) is 5.32 Å². The molecule has 1 aliphatic rings. The Morgan fingerprint density at radius 3 is 2.74 bits per heavy atom. The van der Waals surface area contributed by atoms with Crippen molar-refractivity contribution in [2.45, 2.75) is 13.1 Å². The van der Waals surface area contributed by atoms with E-state index in [1.807, 2.05) is 24.3 Å². The average molecular weight is 386 g/mol. The zero-order valence-corrected chi connectivity index (χ0v) is 15.0. The quantitative estimate of drug-likeness (QED) is 0.657. The molecule has 0 saturated heterocycles. The van der Waals surface area contributed by atoms with Crippen LogP contribution in [0.15, 0.2) is 52.9 Å². The number of carbonyl (C=O) groups is 1. The van der Waals surface area contributed by atoms with Crippen molar-refractivity contribution in [3.05, 3.63) is 70.4 Å². The molecular formula is C20H16ClNO5. The Kier molecular flexibility index (Phi) is 4.75. The third kappa shape index (κ3) is 3.77. The molecule has 2 heterocycles. The number of ether oxygens (including phenoxy) is 2. The first-order chi connectivity index (χ1) is 13.1. The van der Waals surface area contributed by atoms with Crippen LogP contribution in [0.4, 0.5) is 0 Å². The molecule has 0 radical (unpaired) electrons. The molecule has 138 valence electrons. The van der Waals surface area contributed by atoms with Gasteiger partial charge in [-0.1, -0.05) is 17.7 Å². The van der Waals surface area contributed by atoms with E-state index in [1.165, 1.54) is 12.1 Å². The molecule has 2 N–H and O–H groups in total. The molecule has 0 spiro atoms. The van der Waals surface area contributed by atoms with Gasteiger partial charge in [-0.05, 0) is 48.0 Å². The minimum absolute atomic E-state index is 0.160. The van der Waals surface area contributed by atoms with Crippen molar-refractivity contribution >= 4 is 17.6 Å². The molecular weight excluding hydrogens is 370 g/mol. The Morgan fingerprint density at radius 2 is 1.89 bits per heavy atom. The number of carboxylic acids is 1. The molecule has 4 rings (SSSR count). The van der Waals surface area contributed by atoms with Gasteiger partial charge >= 0.3 is 5.97 Å². The highest BCUT2D eigenvalue weighted by Crippen LogP contribution is 2.33. The zero-order chi connectivity index (χ0) is 18.8. The second-order valence-electron chi connectivity index (χ2n) is 6.06. The Morgan fingerprint density at radius 1 is 1.04 bits per heavy atom. The van der Waals surface area contributed by atoms with Crippen LogP contribution < -0.4 is 14.8 Å². The van der Waals surface area contributed by atoms with Crippen molar-refractivity contribution in [3.8, 4) is 22.8 Å². The molecule has 0 unspecified atom stereocenters. The SMILES string of the molecule is O=C(O)c1ccc(Cl)c(-c2ccc(CNCc3ccc4c(c3)OCO4)o2)c1. The highest BCUT2D eigenvalue weighted by molar-refractivity contribution is 6.33. The van der Waals surface area contributed by atoms with Crippen molar-refractivity contribution in [2.75, 3.05) is 6.79 Å². The van der Waals surface area contributed by atoms with E-state index >= 15 is 0 Å². The van der Waals surface area contributed by atoms with Crippen molar-refractivity contribution in [2.24, 2.45) is 0 Å². The Balaban J connectivity index is 1.41. The van der Waals surface area contributed by atoms with Crippen LogP contribution in [0.5, 0.6) is 11.5 Å². The summed E-state index contributed by atoms with van der Waals surface area (Å²) < 4.78 is 16.5. The molecule has 2 aromatic carbocycles. The largest absolute Gasteiger partial charge is 0.478 e. The summed E-state index contributed by atoms with van der Waals surface area (Å²) in [6.07, 6.45) is 0. The van der Waals surface area contributed by atoms with Crippen LogP contribution in [0.2, 0.25) is 5.02 Å². The first-order valence-electron chi connectivity index (χ1n) is 8.31. The van der Waals surface area contributed by atoms with Gasteiger partial charge in [0, 0.05) is 12.1 Å². The fourth-order valence-corrected chi connectivity index (χ4v) is 3.06. The number of fused-ring (bicyclic) bond motifs is 1. The fraction of sp³-hybridized carbons (Fsp3) is 0.150. The molecule has 0 aliphatic carbocycles. The predicted octanol–water partition coefficient (Wildman–Crippen LogP) is 4.32. The van der Waals surface area contributed by atoms with E-state index in [0.29, 0.717) is 29.4 Å². The molecule has 27 heavy (non-hydrogen) atoms. The maximum absolute atomic E-state index is 11.1. The first-order valence-corrected chi connectivity index (χ1v) is 8.69. The number of hydrogen-bond acceptors (Lipinski definition) is 5. The lowest BCUT2D eigenvalue weighted by Crippen LogP contribution is -2.11. The summed E-state index contributed by atoms with van der Waals surface area (Å²) in [5, 5.41) is 12.9. The molecule has 1 aromatic heterocycles. The second-order valence-corrected chi connectivity index (χ2v) is 6.46. The molecule has 0 atom stereocenters. The number of rotatable bonds is 6. The highest BCUT2D eigenvalue weighted by atomic mass is 35.5. The number of carboxylic acid groups (broad SMARTS) is 1. The standard InChI is InChI=1S/C20H16ClNO5/c21-16-4-2-13(20(23)24)8-15(16)17-6-3-14(27-17)10-22-9-12-1-5-18-19(7-12)26-11-25-18/h1-8,22H,9-11H2,(H,23,24). The molecule has 1 aliphatic heterocycles. The molecule has 0 fully saturated rings. The van der Waals surface area contributed by atoms with Gasteiger partial charge in [-0.25, -0.2) is 4.79 Å². The highest BCUT2D eigenvalue weighted by Gasteiger charge is 2.14. The maximum atomic E-state index is 11.1. The number of halogens is 1. The summed E-state index contributed by atoms with van der Waals surface area (Å²) in [6.45, 7) is 1.42. The van der Waals surface area contributed by atoms with Gasteiger partial charge in [0.1, 0.15) is 11.5 Å². The number of furan rings is 1. The van der Waals surface area contributed by atoms with Crippen molar-refractivity contribution in [3.63, 3.8) is 0 Å². The van der Waals surface area contributed by atoms with Gasteiger partial charge in [-0.3, -0.25) is 0 Å². The van der Waals surface area contributed by atoms with E-state index in [0.717, 1.165) is 22.8 Å². The second kappa shape index (κ2) is 7.34. The summed E-state index contributed by atoms with van der Waals surface area (Å²) in [6, 6.07) is 14.0. The number of nitrogens with one attached hydrogen (secondary N) is 1. The van der Waals surface area contributed by atoms with Crippen LogP contribution in [0.3, 0.4) is 0 Å². The van der Waals surface area contributed by atoms with E-state index in [1.54, 1.807) is 12.1 Å². The van der Waals surface area contributed by atoms with Crippen LogP contribution in [-0.2, 0) is 13.1 Å². The minimum Gasteiger partial charge on any atom is -0.478 e. The summed E-state index contributed by atoms with van der Waals surface area (Å²) in [5.74, 6) is 1.76. The van der Waals surface area contributed by atoms with E-state index in [9.17, 15) is 4.79 Å². The third-order valence-corrected chi connectivity index (χ3v) is 4.54. The molecule has 0 saturated carbocycles. The summed E-state index contributed by atoms with van der Waals surface area (Å²) in [4.78, 5) is 11.1. The average Bonchev–Trinajstić information content (AvgIpc) is 3.31. The van der Waals surface area contributed by atoms with E-state index in [4.69, 9.17) is 30.6 Å². The third-order valence-electron chi connectivity index (χ3n) is 4.21. The smallest absolute Gasteiger partial charge is 0.335 e. The van der Waals surface area contributed by atoms with E-state index in [-0.39, 0.29) is 12.4 Å². The fourth-order valence-electron chi connectivity index (χ4n) is 2.85. The minimum atomic E-state index is -1.01. The van der Waals surface area contributed by atoms with Gasteiger partial charge < -0.3 is 24.3 Å². The Labute approximate surface area is 160 Å². The molecule has 7 heteroatoms. The predicted molar refractivity (Wildman–Crippen MR) is 99.2 cm³/mol. The van der Waals surface area contributed by atoms with Crippen LogP contribution in [0.25, 0.3) is 11.3 Å². The van der Waals surface area contributed by atoms with E-state index in [2.05, 4.69) is 5.32 Å². The molecule has 0 bridgehead atoms. The monoisotopic (exact) mass is 385 g/mol. The topological polar surface area (TPSA) is 80.9 Å². The van der Waals surface area contributed by atoms with Gasteiger partial charge in [0.15, 0.2) is 11.5 Å². The number of aromatic carboxylic acids is 1. The van der Waals surface area contributed by atoms with Crippen LogP contribution >= 0.6 is 11.6 Å². The van der Waals surface area contributed by atoms with Crippen molar-refractivity contribution < 1.29 is 23.8 Å². The maximum Gasteiger partial charge on any atom is 0.335 e. The number of hydrogen-bond donors (Lipinski definition) is 2. The van der Waals surface area contributed by atoms with Gasteiger partial charge in [0.2, 0.25) is 6.79 Å². The lowest BCUT2D eigenvalue weighted by molar-refractivity contribution is 0.0697. The summed E-state index contributed by atoms with van der Waals surface area (Å²) >= 11 is 6.18. The summed E-state index contributed by atoms with van der Waals surface area (Å²) in [7, 11) is 0. The lowest BCUT2D eigenvalue weighted by Gasteiger charge is -2.05. The van der Waals surface area contributed by atoms with Gasteiger partial charge in [-0.15, -0.1) is 0 Å². The number of benzene rings is 2. The Bertz CT molecular complexity index is 998. The first kappa shape index (κ1) is 17.5. The Hall–Kier alpha value is -2.96. The normalized spacial score (nSPS) is 12.3. The lowest BCUT2D eigenvalue weighted by atomic mass is 10.1. The van der Waals surface area contributed by atoms with Crippen LogP contribution in [0, 0.1) is 0 Å². The van der Waals surface area contributed by atoms with Crippen LogP contribution in [0.1, 0.15) is 21.7 Å². The van der Waals surface area contributed by atoms with Gasteiger partial charge in [-0.2, -0.15) is 0 Å². The van der Waals surface area contributed by atoms with Crippen LogP contribution in [-0.4, -0.2) is 17.9 Å². The summed E-state index contributed by atoms with van der Waals surface area (Å²) in [5.41, 5.74) is 1.79. The van der Waals surface area contributed by atoms with Gasteiger partial charge in [0.05, 0.1) is 17.1 Å².